The maximum Gasteiger partial charge on any atom is 0.166 e. The lowest BCUT2D eigenvalue weighted by Gasteiger charge is -2.15. The predicted molar refractivity (Wildman–Crippen MR) is 103 cm³/mol. The third-order valence-electron chi connectivity index (χ3n) is 5.18. The van der Waals surface area contributed by atoms with Gasteiger partial charge in [-0.15, -0.1) is 5.10 Å². The zero-order valence-corrected chi connectivity index (χ0v) is 15.3. The number of hydrogen-bond donors (Lipinski definition) is 1. The van der Waals surface area contributed by atoms with Gasteiger partial charge in [0.15, 0.2) is 5.82 Å². The molecule has 0 bridgehead atoms. The van der Waals surface area contributed by atoms with Crippen LogP contribution in [0.15, 0.2) is 67.1 Å². The quantitative estimate of drug-likeness (QED) is 0.595. The lowest BCUT2D eigenvalue weighted by atomic mass is 10.1. The van der Waals surface area contributed by atoms with Crippen LogP contribution in [0, 0.1) is 0 Å². The van der Waals surface area contributed by atoms with Gasteiger partial charge in [0.2, 0.25) is 0 Å². The monoisotopic (exact) mass is 373 g/mol. The highest BCUT2D eigenvalue weighted by Gasteiger charge is 2.33. The van der Waals surface area contributed by atoms with Crippen LogP contribution < -0.4 is 4.74 Å². The van der Waals surface area contributed by atoms with E-state index < -0.39 is 6.10 Å². The van der Waals surface area contributed by atoms with E-state index in [1.807, 2.05) is 65.5 Å². The van der Waals surface area contributed by atoms with Crippen molar-refractivity contribution in [2.75, 3.05) is 7.11 Å². The Morgan fingerprint density at radius 3 is 2.75 bits per heavy atom. The Kier molecular flexibility index (Phi) is 3.95. The summed E-state index contributed by atoms with van der Waals surface area (Å²) in [6.07, 6.45) is 5.57. The Hall–Kier alpha value is -3.45. The van der Waals surface area contributed by atoms with Gasteiger partial charge >= 0.3 is 0 Å². The van der Waals surface area contributed by atoms with E-state index >= 15 is 0 Å². The summed E-state index contributed by atoms with van der Waals surface area (Å²) >= 11 is 0. The molecule has 0 spiro atoms. The number of rotatable bonds is 4. The number of imidazole rings is 1. The van der Waals surface area contributed by atoms with Gasteiger partial charge in [-0.05, 0) is 35.4 Å². The molecule has 1 N–H and O–H groups in total. The van der Waals surface area contributed by atoms with Crippen LogP contribution in [0.3, 0.4) is 0 Å². The molecule has 2 atom stereocenters. The molecule has 7 heteroatoms. The summed E-state index contributed by atoms with van der Waals surface area (Å²) in [4.78, 5) is 4.46. The molecule has 7 nitrogen and oxygen atoms in total. The fraction of sp³-hybridized carbons (Fsp3) is 0.190. The number of ether oxygens (including phenoxy) is 1. The van der Waals surface area contributed by atoms with Crippen molar-refractivity contribution in [3.63, 3.8) is 0 Å². The molecule has 4 aromatic rings. The maximum absolute atomic E-state index is 10.6. The second kappa shape index (κ2) is 6.61. The summed E-state index contributed by atoms with van der Waals surface area (Å²) in [7, 11) is 1.64. The molecule has 0 aliphatic heterocycles. The number of nitrogens with zero attached hydrogens (tertiary/aromatic N) is 5. The molecule has 0 amide bonds. The van der Waals surface area contributed by atoms with Gasteiger partial charge in [0, 0.05) is 24.5 Å². The minimum atomic E-state index is -0.520. The Labute approximate surface area is 161 Å². The molecule has 2 aromatic carbocycles. The summed E-state index contributed by atoms with van der Waals surface area (Å²) < 4.78 is 8.91. The van der Waals surface area contributed by atoms with Gasteiger partial charge in [0.1, 0.15) is 17.5 Å². The van der Waals surface area contributed by atoms with Crippen molar-refractivity contribution in [3.8, 4) is 23.0 Å². The molecular weight excluding hydrogens is 354 g/mol. The molecular formula is C21H19N5O2. The van der Waals surface area contributed by atoms with Crippen LogP contribution >= 0.6 is 0 Å². The Morgan fingerprint density at radius 1 is 1.11 bits per heavy atom. The zero-order valence-electron chi connectivity index (χ0n) is 15.3. The molecule has 2 heterocycles. The molecule has 28 heavy (non-hydrogen) atoms. The first-order chi connectivity index (χ1) is 13.7. The first-order valence-corrected chi connectivity index (χ1v) is 9.10. The first-order valence-electron chi connectivity index (χ1n) is 9.10. The SMILES string of the molecule is COc1ccc(-n2ccnc2-c2cn([C@@H]3c4ccccc4C[C@@H]3O)nn2)cc1. The standard InChI is InChI=1S/C21H19N5O2/c1-28-16-8-6-15(7-9-16)25-11-10-22-21(25)18-13-26(24-23-18)20-17-5-3-2-4-14(17)12-19(20)27/h2-11,13,19-20,27H,12H2,1H3/t19-,20+/m0/s1. The number of methoxy groups -OCH3 is 1. The zero-order chi connectivity index (χ0) is 19.1. The Bertz CT molecular complexity index is 1120. The van der Waals surface area contributed by atoms with E-state index in [-0.39, 0.29) is 6.04 Å². The Balaban J connectivity index is 1.50. The van der Waals surface area contributed by atoms with E-state index in [2.05, 4.69) is 15.3 Å². The van der Waals surface area contributed by atoms with Gasteiger partial charge in [-0.2, -0.15) is 0 Å². The molecule has 0 saturated carbocycles. The van der Waals surface area contributed by atoms with E-state index in [0.29, 0.717) is 17.9 Å². The topological polar surface area (TPSA) is 78.0 Å². The van der Waals surface area contributed by atoms with Crippen LogP contribution in [0.5, 0.6) is 5.75 Å². The fourth-order valence-electron chi connectivity index (χ4n) is 3.83. The van der Waals surface area contributed by atoms with Gasteiger partial charge in [-0.1, -0.05) is 29.5 Å². The number of aromatic nitrogens is 5. The average molecular weight is 373 g/mol. The van der Waals surface area contributed by atoms with Crippen molar-refractivity contribution >= 4 is 0 Å². The van der Waals surface area contributed by atoms with Crippen molar-refractivity contribution in [3.05, 3.63) is 78.2 Å². The maximum atomic E-state index is 10.6. The summed E-state index contributed by atoms with van der Waals surface area (Å²) in [5.41, 5.74) is 3.84. The lowest BCUT2D eigenvalue weighted by molar-refractivity contribution is 0.137. The average Bonchev–Trinajstić information content (AvgIpc) is 3.45. The lowest BCUT2D eigenvalue weighted by Crippen LogP contribution is -2.21. The van der Waals surface area contributed by atoms with E-state index in [0.717, 1.165) is 22.6 Å². The summed E-state index contributed by atoms with van der Waals surface area (Å²) in [6.45, 7) is 0. The smallest absolute Gasteiger partial charge is 0.166 e. The van der Waals surface area contributed by atoms with E-state index in [1.54, 1.807) is 18.0 Å². The van der Waals surface area contributed by atoms with Crippen molar-refractivity contribution in [2.24, 2.45) is 0 Å². The van der Waals surface area contributed by atoms with Crippen LogP contribution in [-0.2, 0) is 6.42 Å². The van der Waals surface area contributed by atoms with Crippen LogP contribution in [-0.4, -0.2) is 42.9 Å². The number of aliphatic hydroxyl groups is 1. The van der Waals surface area contributed by atoms with E-state index in [4.69, 9.17) is 4.74 Å². The van der Waals surface area contributed by atoms with Crippen LogP contribution in [0.4, 0.5) is 0 Å². The highest BCUT2D eigenvalue weighted by Crippen LogP contribution is 2.34. The van der Waals surface area contributed by atoms with Crippen LogP contribution in [0.1, 0.15) is 17.2 Å². The Morgan fingerprint density at radius 2 is 1.93 bits per heavy atom. The summed E-state index contributed by atoms with van der Waals surface area (Å²) in [5.74, 6) is 1.49. The van der Waals surface area contributed by atoms with Gasteiger partial charge in [0.05, 0.1) is 19.4 Å². The fourth-order valence-corrected chi connectivity index (χ4v) is 3.83. The normalized spacial score (nSPS) is 18.2. The van der Waals surface area contributed by atoms with Crippen LogP contribution in [0.25, 0.3) is 17.2 Å². The minimum absolute atomic E-state index is 0.234. The van der Waals surface area contributed by atoms with Gasteiger partial charge in [-0.3, -0.25) is 4.57 Å². The van der Waals surface area contributed by atoms with Gasteiger partial charge in [0.25, 0.3) is 0 Å². The molecule has 2 aromatic heterocycles. The summed E-state index contributed by atoms with van der Waals surface area (Å²) in [5, 5.41) is 19.2. The van der Waals surface area contributed by atoms with Gasteiger partial charge in [-0.25, -0.2) is 9.67 Å². The second-order valence-electron chi connectivity index (χ2n) is 6.82. The van der Waals surface area contributed by atoms with Crippen LogP contribution in [0.2, 0.25) is 0 Å². The highest BCUT2D eigenvalue weighted by molar-refractivity contribution is 5.53. The molecule has 5 rings (SSSR count). The molecule has 140 valence electrons. The number of benzene rings is 2. The predicted octanol–water partition coefficient (Wildman–Crippen LogP) is 2.65. The molecule has 1 aliphatic rings. The van der Waals surface area contributed by atoms with Crippen molar-refractivity contribution in [2.45, 2.75) is 18.6 Å². The second-order valence-corrected chi connectivity index (χ2v) is 6.82. The molecule has 1 aliphatic carbocycles. The van der Waals surface area contributed by atoms with Crippen molar-refractivity contribution < 1.29 is 9.84 Å². The van der Waals surface area contributed by atoms with Gasteiger partial charge < -0.3 is 9.84 Å². The molecule has 0 radical (unpaired) electrons. The van der Waals surface area contributed by atoms with E-state index in [1.165, 1.54) is 0 Å². The van der Waals surface area contributed by atoms with Crippen molar-refractivity contribution in [1.29, 1.82) is 0 Å². The number of aliphatic hydroxyl groups excluding tert-OH is 1. The number of hydrogen-bond acceptors (Lipinski definition) is 5. The first kappa shape index (κ1) is 16.7. The third kappa shape index (κ3) is 2.68. The van der Waals surface area contributed by atoms with Crippen molar-refractivity contribution in [1.82, 2.24) is 24.5 Å². The van der Waals surface area contributed by atoms with E-state index in [9.17, 15) is 5.11 Å². The number of fused-ring (bicyclic) bond motifs is 1. The molecule has 0 saturated heterocycles. The minimum Gasteiger partial charge on any atom is -0.497 e. The molecule has 0 unspecified atom stereocenters. The highest BCUT2D eigenvalue weighted by atomic mass is 16.5. The largest absolute Gasteiger partial charge is 0.497 e. The third-order valence-corrected chi connectivity index (χ3v) is 5.18. The summed E-state index contributed by atoms with van der Waals surface area (Å²) in [6, 6.07) is 15.6. The molecule has 0 fully saturated rings.